The summed E-state index contributed by atoms with van der Waals surface area (Å²) >= 11 is 0. The van der Waals surface area contributed by atoms with Crippen LogP contribution in [0.25, 0.3) is 11.0 Å². The summed E-state index contributed by atoms with van der Waals surface area (Å²) in [7, 11) is 0. The Morgan fingerprint density at radius 2 is 2.10 bits per heavy atom. The Kier molecular flexibility index (Phi) is 4.19. The summed E-state index contributed by atoms with van der Waals surface area (Å²) in [6.07, 6.45) is 3.57. The van der Waals surface area contributed by atoms with Crippen LogP contribution in [-0.2, 0) is 6.54 Å². The monoisotopic (exact) mass is 293 g/mol. The Balaban J connectivity index is 1.88. The van der Waals surface area contributed by atoms with E-state index in [9.17, 15) is 8.78 Å². The van der Waals surface area contributed by atoms with E-state index in [1.807, 2.05) is 6.07 Å². The maximum Gasteiger partial charge on any atom is 0.320 e. The molecule has 114 valence electrons. The summed E-state index contributed by atoms with van der Waals surface area (Å²) in [6.45, 7) is 2.01. The molecule has 0 spiro atoms. The Bertz CT molecular complexity index is 605. The third-order valence-electron chi connectivity index (χ3n) is 3.98. The number of fused-ring (bicyclic) bond motifs is 1. The van der Waals surface area contributed by atoms with Gasteiger partial charge >= 0.3 is 6.55 Å². The number of halogens is 2. The third kappa shape index (κ3) is 3.23. The minimum Gasteiger partial charge on any atom is -0.296 e. The van der Waals surface area contributed by atoms with Gasteiger partial charge in [0.25, 0.3) is 0 Å². The summed E-state index contributed by atoms with van der Waals surface area (Å²) in [6, 6.07) is 7.12. The van der Waals surface area contributed by atoms with Gasteiger partial charge in [-0.3, -0.25) is 9.47 Å². The van der Waals surface area contributed by atoms with Crippen molar-refractivity contribution < 1.29 is 8.78 Å². The first-order valence-corrected chi connectivity index (χ1v) is 7.65. The molecule has 1 aliphatic carbocycles. The van der Waals surface area contributed by atoms with Crippen molar-refractivity contribution in [3.63, 3.8) is 0 Å². The number of hydrogen-bond acceptors (Lipinski definition) is 2. The zero-order chi connectivity index (χ0) is 14.8. The smallest absolute Gasteiger partial charge is 0.296 e. The fourth-order valence-corrected chi connectivity index (χ4v) is 2.84. The van der Waals surface area contributed by atoms with Crippen LogP contribution in [0.15, 0.2) is 24.3 Å². The Hall–Kier alpha value is -1.49. The van der Waals surface area contributed by atoms with E-state index in [-0.39, 0.29) is 0 Å². The maximum absolute atomic E-state index is 13.4. The predicted octanol–water partition coefficient (Wildman–Crippen LogP) is 4.05. The van der Waals surface area contributed by atoms with Gasteiger partial charge in [-0.15, -0.1) is 0 Å². The summed E-state index contributed by atoms with van der Waals surface area (Å²) in [5.41, 5.74) is 1.17. The molecule has 0 atom stereocenters. The number of imidazole rings is 1. The van der Waals surface area contributed by atoms with E-state index in [2.05, 4.69) is 16.8 Å². The minimum atomic E-state index is -2.54. The van der Waals surface area contributed by atoms with E-state index in [0.717, 1.165) is 30.0 Å². The van der Waals surface area contributed by atoms with Gasteiger partial charge < -0.3 is 0 Å². The van der Waals surface area contributed by atoms with Crippen LogP contribution in [0.4, 0.5) is 8.78 Å². The van der Waals surface area contributed by atoms with Crippen molar-refractivity contribution >= 4 is 11.0 Å². The second-order valence-electron chi connectivity index (χ2n) is 5.84. The first kappa shape index (κ1) is 14.4. The van der Waals surface area contributed by atoms with E-state index < -0.39 is 6.55 Å². The van der Waals surface area contributed by atoms with Gasteiger partial charge in [-0.1, -0.05) is 19.1 Å². The van der Waals surface area contributed by atoms with Crippen LogP contribution in [0, 0.1) is 5.92 Å². The standard InChI is InChI=1S/C16H21F2N3/c1-2-9-20(10-12-7-8-12)11-15-19-13-5-3-4-6-14(13)21(15)16(17)18/h3-6,12,16H,2,7-11H2,1H3. The average Bonchev–Trinajstić information content (AvgIpc) is 3.17. The molecule has 1 aliphatic rings. The molecule has 0 aliphatic heterocycles. The minimum absolute atomic E-state index is 0.473. The molecule has 1 fully saturated rings. The summed E-state index contributed by atoms with van der Waals surface area (Å²) in [5.74, 6) is 1.22. The van der Waals surface area contributed by atoms with E-state index >= 15 is 0 Å². The lowest BCUT2D eigenvalue weighted by Crippen LogP contribution is -2.28. The molecule has 21 heavy (non-hydrogen) atoms. The van der Waals surface area contributed by atoms with Crippen molar-refractivity contribution in [1.82, 2.24) is 14.5 Å². The lowest BCUT2D eigenvalue weighted by atomic mass is 10.3. The molecule has 0 saturated heterocycles. The molecule has 3 rings (SSSR count). The number of para-hydroxylation sites is 2. The molecule has 0 radical (unpaired) electrons. The number of aromatic nitrogens is 2. The van der Waals surface area contributed by atoms with Gasteiger partial charge in [0.05, 0.1) is 17.6 Å². The fraction of sp³-hybridized carbons (Fsp3) is 0.562. The van der Waals surface area contributed by atoms with Crippen molar-refractivity contribution in [3.8, 4) is 0 Å². The second-order valence-corrected chi connectivity index (χ2v) is 5.84. The second kappa shape index (κ2) is 6.10. The van der Waals surface area contributed by atoms with Gasteiger partial charge in [-0.05, 0) is 43.9 Å². The van der Waals surface area contributed by atoms with Crippen molar-refractivity contribution in [2.75, 3.05) is 13.1 Å². The van der Waals surface area contributed by atoms with Crippen LogP contribution in [-0.4, -0.2) is 27.5 Å². The van der Waals surface area contributed by atoms with Crippen LogP contribution >= 0.6 is 0 Å². The number of rotatable bonds is 7. The van der Waals surface area contributed by atoms with E-state index in [1.165, 1.54) is 12.8 Å². The zero-order valence-corrected chi connectivity index (χ0v) is 12.3. The van der Waals surface area contributed by atoms with Gasteiger partial charge in [-0.2, -0.15) is 8.78 Å². The topological polar surface area (TPSA) is 21.1 Å². The van der Waals surface area contributed by atoms with E-state index in [1.54, 1.807) is 18.2 Å². The lowest BCUT2D eigenvalue weighted by molar-refractivity contribution is 0.0681. The molecule has 0 bridgehead atoms. The van der Waals surface area contributed by atoms with E-state index in [4.69, 9.17) is 0 Å². The molecule has 0 amide bonds. The predicted molar refractivity (Wildman–Crippen MR) is 79.3 cm³/mol. The van der Waals surface area contributed by atoms with Crippen LogP contribution < -0.4 is 0 Å². The number of alkyl halides is 2. The van der Waals surface area contributed by atoms with Crippen LogP contribution in [0.5, 0.6) is 0 Å². The van der Waals surface area contributed by atoms with Crippen molar-refractivity contribution in [1.29, 1.82) is 0 Å². The van der Waals surface area contributed by atoms with Gasteiger partial charge in [0.15, 0.2) is 0 Å². The summed E-state index contributed by atoms with van der Waals surface area (Å²) in [5, 5.41) is 0. The van der Waals surface area contributed by atoms with Crippen LogP contribution in [0.3, 0.4) is 0 Å². The molecule has 5 heteroatoms. The fourth-order valence-electron chi connectivity index (χ4n) is 2.84. The van der Waals surface area contributed by atoms with Gasteiger partial charge in [-0.25, -0.2) is 4.98 Å². The summed E-state index contributed by atoms with van der Waals surface area (Å²) < 4.78 is 27.9. The average molecular weight is 293 g/mol. The highest BCUT2D eigenvalue weighted by Crippen LogP contribution is 2.31. The number of benzene rings is 1. The van der Waals surface area contributed by atoms with Crippen LogP contribution in [0.2, 0.25) is 0 Å². The Morgan fingerprint density at radius 3 is 2.76 bits per heavy atom. The van der Waals surface area contributed by atoms with Crippen molar-refractivity contribution in [2.24, 2.45) is 5.92 Å². The lowest BCUT2D eigenvalue weighted by Gasteiger charge is -2.21. The Labute approximate surface area is 123 Å². The molecule has 0 unspecified atom stereocenters. The normalized spacial score (nSPS) is 15.5. The zero-order valence-electron chi connectivity index (χ0n) is 12.3. The molecule has 1 aromatic carbocycles. The largest absolute Gasteiger partial charge is 0.320 e. The maximum atomic E-state index is 13.4. The highest BCUT2D eigenvalue weighted by molar-refractivity contribution is 5.75. The van der Waals surface area contributed by atoms with Gasteiger partial charge in [0, 0.05) is 6.54 Å². The molecule has 1 saturated carbocycles. The molecule has 0 N–H and O–H groups in total. The molecule has 1 aromatic heterocycles. The number of hydrogen-bond donors (Lipinski definition) is 0. The number of nitrogens with zero attached hydrogens (tertiary/aromatic N) is 3. The molecular weight excluding hydrogens is 272 g/mol. The highest BCUT2D eigenvalue weighted by Gasteiger charge is 2.26. The molecular formula is C16H21F2N3. The quantitative estimate of drug-likeness (QED) is 0.768. The van der Waals surface area contributed by atoms with E-state index in [0.29, 0.717) is 23.4 Å². The highest BCUT2D eigenvalue weighted by atomic mass is 19.3. The van der Waals surface area contributed by atoms with Crippen molar-refractivity contribution in [3.05, 3.63) is 30.1 Å². The molecule has 3 nitrogen and oxygen atoms in total. The van der Waals surface area contributed by atoms with Crippen molar-refractivity contribution in [2.45, 2.75) is 39.3 Å². The molecule has 2 aromatic rings. The SMILES string of the molecule is CCCN(Cc1nc2ccccc2n1C(F)F)CC1CC1. The van der Waals surface area contributed by atoms with Crippen LogP contribution in [0.1, 0.15) is 38.6 Å². The Morgan fingerprint density at radius 1 is 1.33 bits per heavy atom. The molecule has 1 heterocycles. The first-order chi connectivity index (χ1) is 10.2. The van der Waals surface area contributed by atoms with Gasteiger partial charge in [0.2, 0.25) is 0 Å². The first-order valence-electron chi connectivity index (χ1n) is 7.65. The third-order valence-corrected chi connectivity index (χ3v) is 3.98. The summed E-state index contributed by atoms with van der Waals surface area (Å²) in [4.78, 5) is 6.69. The van der Waals surface area contributed by atoms with Gasteiger partial charge in [0.1, 0.15) is 5.82 Å².